The Balaban J connectivity index is 2.16. The summed E-state index contributed by atoms with van der Waals surface area (Å²) in [6.45, 7) is 2.02. The fourth-order valence-electron chi connectivity index (χ4n) is 2.22. The molecule has 1 heterocycles. The van der Waals surface area contributed by atoms with Crippen LogP contribution in [0, 0.1) is 0 Å². The zero-order chi connectivity index (χ0) is 15.9. The van der Waals surface area contributed by atoms with E-state index >= 15 is 0 Å². The standard InChI is InChI=1S/C17H20N2O3/c1-4-15(12-7-9-13(21-2)10-8-12)19-16(20)14-6-5-11-18-17(14)22-3/h5-11,15H,4H2,1-3H3,(H,19,20). The van der Waals surface area contributed by atoms with E-state index in [1.165, 1.54) is 7.11 Å². The van der Waals surface area contributed by atoms with E-state index < -0.39 is 0 Å². The highest BCUT2D eigenvalue weighted by Gasteiger charge is 2.17. The largest absolute Gasteiger partial charge is 0.497 e. The molecule has 0 aliphatic carbocycles. The summed E-state index contributed by atoms with van der Waals surface area (Å²) < 4.78 is 10.3. The minimum atomic E-state index is -0.201. The molecule has 1 amide bonds. The topological polar surface area (TPSA) is 60.5 Å². The van der Waals surface area contributed by atoms with Crippen molar-refractivity contribution in [2.24, 2.45) is 0 Å². The first kappa shape index (κ1) is 15.8. The monoisotopic (exact) mass is 300 g/mol. The quantitative estimate of drug-likeness (QED) is 0.891. The van der Waals surface area contributed by atoms with Crippen LogP contribution in [0.25, 0.3) is 0 Å². The lowest BCUT2D eigenvalue weighted by Gasteiger charge is -2.18. The maximum absolute atomic E-state index is 12.4. The van der Waals surface area contributed by atoms with Gasteiger partial charge in [-0.3, -0.25) is 4.79 Å². The molecule has 1 unspecified atom stereocenters. The molecule has 0 saturated heterocycles. The first-order valence-electron chi connectivity index (χ1n) is 7.13. The fourth-order valence-corrected chi connectivity index (χ4v) is 2.22. The van der Waals surface area contributed by atoms with Crippen LogP contribution in [0.15, 0.2) is 42.6 Å². The molecule has 0 bridgehead atoms. The highest BCUT2D eigenvalue weighted by Crippen LogP contribution is 2.22. The van der Waals surface area contributed by atoms with Crippen LogP contribution in [0.1, 0.15) is 35.3 Å². The number of methoxy groups -OCH3 is 2. The maximum atomic E-state index is 12.4. The Morgan fingerprint density at radius 2 is 1.91 bits per heavy atom. The predicted molar refractivity (Wildman–Crippen MR) is 84.3 cm³/mol. The molecule has 1 aromatic carbocycles. The van der Waals surface area contributed by atoms with Crippen molar-refractivity contribution in [1.29, 1.82) is 0 Å². The van der Waals surface area contributed by atoms with Crippen LogP contribution in [0.2, 0.25) is 0 Å². The third kappa shape index (κ3) is 3.55. The highest BCUT2D eigenvalue weighted by molar-refractivity contribution is 5.96. The molecule has 0 radical (unpaired) electrons. The van der Waals surface area contributed by atoms with Crippen LogP contribution in [0.5, 0.6) is 11.6 Å². The number of benzene rings is 1. The summed E-state index contributed by atoms with van der Waals surface area (Å²) in [6, 6.07) is 11.0. The zero-order valence-corrected chi connectivity index (χ0v) is 13.0. The summed E-state index contributed by atoms with van der Waals surface area (Å²) in [5.41, 5.74) is 1.46. The van der Waals surface area contributed by atoms with Gasteiger partial charge in [0.05, 0.1) is 20.3 Å². The number of nitrogens with one attached hydrogen (secondary N) is 1. The van der Waals surface area contributed by atoms with Crippen LogP contribution in [0.4, 0.5) is 0 Å². The number of carbonyl (C=O) groups is 1. The van der Waals surface area contributed by atoms with E-state index in [1.54, 1.807) is 25.4 Å². The minimum absolute atomic E-state index is 0.0803. The van der Waals surface area contributed by atoms with Gasteiger partial charge in [0.15, 0.2) is 0 Å². The van der Waals surface area contributed by atoms with Gasteiger partial charge < -0.3 is 14.8 Å². The first-order chi connectivity index (χ1) is 10.7. The number of pyridine rings is 1. The van der Waals surface area contributed by atoms with Gasteiger partial charge in [-0.15, -0.1) is 0 Å². The molecule has 0 aliphatic rings. The molecule has 5 nitrogen and oxygen atoms in total. The van der Waals surface area contributed by atoms with Gasteiger partial charge in [0, 0.05) is 6.20 Å². The third-order valence-electron chi connectivity index (χ3n) is 3.44. The summed E-state index contributed by atoms with van der Waals surface area (Å²) in [4.78, 5) is 16.5. The van der Waals surface area contributed by atoms with Crippen molar-refractivity contribution in [3.05, 3.63) is 53.7 Å². The summed E-state index contributed by atoms with van der Waals surface area (Å²) in [6.07, 6.45) is 2.37. The second kappa shape index (κ2) is 7.45. The number of hydrogen-bond acceptors (Lipinski definition) is 4. The van der Waals surface area contributed by atoms with E-state index in [9.17, 15) is 4.79 Å². The number of amides is 1. The van der Waals surface area contributed by atoms with Crippen molar-refractivity contribution in [2.45, 2.75) is 19.4 Å². The van der Waals surface area contributed by atoms with Gasteiger partial charge in [0.25, 0.3) is 5.91 Å². The summed E-state index contributed by atoms with van der Waals surface area (Å²) >= 11 is 0. The molecule has 5 heteroatoms. The van der Waals surface area contributed by atoms with Gasteiger partial charge in [-0.05, 0) is 36.2 Å². The smallest absolute Gasteiger partial charge is 0.257 e. The van der Waals surface area contributed by atoms with E-state index in [-0.39, 0.29) is 11.9 Å². The number of nitrogens with zero attached hydrogens (tertiary/aromatic N) is 1. The summed E-state index contributed by atoms with van der Waals surface area (Å²) in [7, 11) is 3.13. The van der Waals surface area contributed by atoms with Gasteiger partial charge >= 0.3 is 0 Å². The minimum Gasteiger partial charge on any atom is -0.497 e. The Morgan fingerprint density at radius 1 is 1.18 bits per heavy atom. The average Bonchev–Trinajstić information content (AvgIpc) is 2.59. The van der Waals surface area contributed by atoms with Crippen LogP contribution >= 0.6 is 0 Å². The molecular weight excluding hydrogens is 280 g/mol. The number of ether oxygens (including phenoxy) is 2. The van der Waals surface area contributed by atoms with Crippen LogP contribution in [0.3, 0.4) is 0 Å². The van der Waals surface area contributed by atoms with Gasteiger partial charge in [0.1, 0.15) is 11.3 Å². The van der Waals surface area contributed by atoms with Gasteiger partial charge in [-0.2, -0.15) is 0 Å². The Bertz CT molecular complexity index is 626. The molecule has 1 N–H and O–H groups in total. The van der Waals surface area contributed by atoms with E-state index in [4.69, 9.17) is 9.47 Å². The lowest BCUT2D eigenvalue weighted by molar-refractivity contribution is 0.0931. The molecule has 0 spiro atoms. The van der Waals surface area contributed by atoms with Crippen molar-refractivity contribution in [3.8, 4) is 11.6 Å². The lowest BCUT2D eigenvalue weighted by Crippen LogP contribution is -2.28. The van der Waals surface area contributed by atoms with Gasteiger partial charge in [-0.25, -0.2) is 4.98 Å². The normalized spacial score (nSPS) is 11.6. The molecule has 116 valence electrons. The SMILES string of the molecule is CCC(NC(=O)c1cccnc1OC)c1ccc(OC)cc1. The summed E-state index contributed by atoms with van der Waals surface area (Å²) in [5, 5.41) is 3.01. The van der Waals surface area contributed by atoms with Crippen molar-refractivity contribution in [3.63, 3.8) is 0 Å². The maximum Gasteiger partial charge on any atom is 0.257 e. The first-order valence-corrected chi connectivity index (χ1v) is 7.13. The molecule has 0 saturated carbocycles. The molecule has 0 fully saturated rings. The van der Waals surface area contributed by atoms with Gasteiger partial charge in [-0.1, -0.05) is 19.1 Å². The predicted octanol–water partition coefficient (Wildman–Crippen LogP) is 2.98. The van der Waals surface area contributed by atoms with Crippen molar-refractivity contribution in [2.75, 3.05) is 14.2 Å². The second-order valence-corrected chi connectivity index (χ2v) is 4.77. The zero-order valence-electron chi connectivity index (χ0n) is 13.0. The fraction of sp³-hybridized carbons (Fsp3) is 0.294. The molecule has 1 aromatic heterocycles. The molecule has 2 rings (SSSR count). The van der Waals surface area contributed by atoms with Crippen LogP contribution in [-0.4, -0.2) is 25.1 Å². The molecule has 2 aromatic rings. The van der Waals surface area contributed by atoms with E-state index in [1.807, 2.05) is 31.2 Å². The number of aromatic nitrogens is 1. The number of hydrogen-bond donors (Lipinski definition) is 1. The molecule has 22 heavy (non-hydrogen) atoms. The second-order valence-electron chi connectivity index (χ2n) is 4.77. The Hall–Kier alpha value is -2.56. The Kier molecular flexibility index (Phi) is 5.36. The third-order valence-corrected chi connectivity index (χ3v) is 3.44. The van der Waals surface area contributed by atoms with E-state index in [0.29, 0.717) is 11.4 Å². The Labute approximate surface area is 130 Å². The van der Waals surface area contributed by atoms with Crippen molar-refractivity contribution < 1.29 is 14.3 Å². The van der Waals surface area contributed by atoms with Crippen molar-refractivity contribution in [1.82, 2.24) is 10.3 Å². The summed E-state index contributed by atoms with van der Waals surface area (Å²) in [5.74, 6) is 0.913. The number of rotatable bonds is 6. The Morgan fingerprint density at radius 3 is 2.50 bits per heavy atom. The van der Waals surface area contributed by atoms with Gasteiger partial charge in [0.2, 0.25) is 5.88 Å². The average molecular weight is 300 g/mol. The lowest BCUT2D eigenvalue weighted by atomic mass is 10.0. The highest BCUT2D eigenvalue weighted by atomic mass is 16.5. The van der Waals surface area contributed by atoms with E-state index in [0.717, 1.165) is 17.7 Å². The number of carbonyl (C=O) groups excluding carboxylic acids is 1. The van der Waals surface area contributed by atoms with E-state index in [2.05, 4.69) is 10.3 Å². The van der Waals surface area contributed by atoms with Crippen LogP contribution in [-0.2, 0) is 0 Å². The molecular formula is C17H20N2O3. The molecule has 1 atom stereocenters. The molecule has 0 aliphatic heterocycles. The van der Waals surface area contributed by atoms with Crippen LogP contribution < -0.4 is 14.8 Å². The van der Waals surface area contributed by atoms with Crippen molar-refractivity contribution >= 4 is 5.91 Å².